The Morgan fingerprint density at radius 2 is 1.46 bits per heavy atom. The van der Waals surface area contributed by atoms with Gasteiger partial charge in [0.25, 0.3) is 11.8 Å². The van der Waals surface area contributed by atoms with Gasteiger partial charge in [0.05, 0.1) is 17.5 Å². The summed E-state index contributed by atoms with van der Waals surface area (Å²) in [6.07, 6.45) is -4.65. The van der Waals surface area contributed by atoms with Crippen LogP contribution in [0.4, 0.5) is 22.0 Å². The van der Waals surface area contributed by atoms with Gasteiger partial charge in [-0.25, -0.2) is 8.78 Å². The minimum atomic E-state index is -4.69. The lowest BCUT2D eigenvalue weighted by Gasteiger charge is -2.39. The normalized spacial score (nSPS) is 17.4. The molecule has 11 nitrogen and oxygen atoms in total. The molecule has 0 radical (unpaired) electrons. The van der Waals surface area contributed by atoms with E-state index in [9.17, 15) is 45.9 Å². The zero-order valence-electron chi connectivity index (χ0n) is 31.8. The van der Waals surface area contributed by atoms with Gasteiger partial charge in [0.15, 0.2) is 0 Å². The SMILES string of the molecule is CCC(C)[C@H](NC(=O)Cc1ccccc1F)C(=O)N[C@]1(C(=O)N[C@H](C(=O)NNC(=O)c2ccc(F)cc2)C(C)CC)CCc2[nH]c3c(C(F)(F)F)cccc3c2C1. The van der Waals surface area contributed by atoms with Crippen LogP contribution >= 0.6 is 0 Å². The average molecular weight is 797 g/mol. The molecule has 0 fully saturated rings. The van der Waals surface area contributed by atoms with Crippen molar-refractivity contribution >= 4 is 40.4 Å². The fourth-order valence-corrected chi connectivity index (χ4v) is 6.97. The summed E-state index contributed by atoms with van der Waals surface area (Å²) in [6, 6.07) is 11.4. The number of benzene rings is 3. The van der Waals surface area contributed by atoms with Crippen molar-refractivity contribution in [2.45, 2.75) is 90.0 Å². The Hall–Kier alpha value is -5.80. The molecule has 5 amide bonds. The number of H-pyrrole nitrogens is 1. The number of hydrogen-bond donors (Lipinski definition) is 6. The summed E-state index contributed by atoms with van der Waals surface area (Å²) >= 11 is 0. The number of aromatic nitrogens is 1. The molecule has 5 rings (SSSR count). The molecular weight excluding hydrogens is 751 g/mol. The van der Waals surface area contributed by atoms with Gasteiger partial charge in [0, 0.05) is 23.1 Å². The molecule has 6 N–H and O–H groups in total. The summed E-state index contributed by atoms with van der Waals surface area (Å²) < 4.78 is 70.0. The van der Waals surface area contributed by atoms with Gasteiger partial charge in [-0.15, -0.1) is 0 Å². The average Bonchev–Trinajstić information content (AvgIpc) is 3.55. The Labute approximate surface area is 325 Å². The number of amides is 5. The molecule has 5 atom stereocenters. The van der Waals surface area contributed by atoms with Crippen molar-refractivity contribution < 1.29 is 45.9 Å². The number of aryl methyl sites for hydroxylation is 1. The zero-order chi connectivity index (χ0) is 41.7. The standard InChI is InChI=1S/C41H45F5N6O5/c1-5-22(3)33(48-32(53)20-25-10-7-8-13-30(25)43)37(55)50-40(19-18-31-28(21-40)27-11-9-12-29(35(27)47-31)41(44,45)46)39(57)49-34(23(4)6-2)38(56)52-51-36(54)24-14-16-26(42)17-15-24/h7-17,22-23,33-34,47H,5-6,18-21H2,1-4H3,(H,48,53)(H,49,57)(H,50,55)(H,51,54)(H,52,56)/t22?,23?,33-,34-,40+/m0/s1. The Balaban J connectivity index is 1.48. The second-order valence-corrected chi connectivity index (χ2v) is 14.5. The van der Waals surface area contributed by atoms with Gasteiger partial charge in [0.1, 0.15) is 29.3 Å². The summed E-state index contributed by atoms with van der Waals surface area (Å²) in [4.78, 5) is 71.4. The molecule has 16 heteroatoms. The Morgan fingerprint density at radius 3 is 2.09 bits per heavy atom. The lowest BCUT2D eigenvalue weighted by atomic mass is 9.78. The van der Waals surface area contributed by atoms with Crippen LogP contribution in [0.25, 0.3) is 10.9 Å². The first-order valence-corrected chi connectivity index (χ1v) is 18.7. The van der Waals surface area contributed by atoms with Crippen molar-refractivity contribution in [3.05, 3.63) is 106 Å². The predicted octanol–water partition coefficient (Wildman–Crippen LogP) is 5.57. The number of para-hydroxylation sites is 1. The maximum atomic E-state index is 14.7. The number of rotatable bonds is 13. The molecule has 57 heavy (non-hydrogen) atoms. The van der Waals surface area contributed by atoms with Gasteiger partial charge in [-0.2, -0.15) is 13.2 Å². The molecule has 1 aliphatic carbocycles. The van der Waals surface area contributed by atoms with Crippen molar-refractivity contribution in [1.82, 2.24) is 31.8 Å². The number of aromatic amines is 1. The Bertz CT molecular complexity index is 2140. The number of hydrogen-bond acceptors (Lipinski definition) is 5. The number of fused-ring (bicyclic) bond motifs is 3. The maximum Gasteiger partial charge on any atom is 0.418 e. The summed E-state index contributed by atoms with van der Waals surface area (Å²) in [7, 11) is 0. The number of halogens is 5. The highest BCUT2D eigenvalue weighted by Gasteiger charge is 2.47. The van der Waals surface area contributed by atoms with Gasteiger partial charge in [-0.05, 0) is 72.2 Å². The summed E-state index contributed by atoms with van der Waals surface area (Å²) in [5, 5.41) is 8.45. The Morgan fingerprint density at radius 1 is 0.807 bits per heavy atom. The first-order valence-electron chi connectivity index (χ1n) is 18.7. The van der Waals surface area contributed by atoms with E-state index >= 15 is 0 Å². The third-order valence-electron chi connectivity index (χ3n) is 10.7. The molecule has 0 bridgehead atoms. The highest BCUT2D eigenvalue weighted by Crippen LogP contribution is 2.40. The number of hydrazine groups is 1. The van der Waals surface area contributed by atoms with Gasteiger partial charge < -0.3 is 20.9 Å². The molecule has 0 aliphatic heterocycles. The van der Waals surface area contributed by atoms with Crippen LogP contribution in [0.5, 0.6) is 0 Å². The zero-order valence-corrected chi connectivity index (χ0v) is 31.8. The molecule has 304 valence electrons. The van der Waals surface area contributed by atoms with E-state index in [2.05, 4.69) is 31.8 Å². The van der Waals surface area contributed by atoms with Gasteiger partial charge >= 0.3 is 6.18 Å². The molecule has 4 aromatic rings. The number of nitrogens with one attached hydrogen (secondary N) is 6. The van der Waals surface area contributed by atoms with Crippen LogP contribution in [0, 0.1) is 23.5 Å². The second-order valence-electron chi connectivity index (χ2n) is 14.5. The van der Waals surface area contributed by atoms with E-state index in [-0.39, 0.29) is 47.7 Å². The van der Waals surface area contributed by atoms with Gasteiger partial charge in [0.2, 0.25) is 17.7 Å². The minimum absolute atomic E-state index is 0.0244. The van der Waals surface area contributed by atoms with Crippen LogP contribution in [-0.4, -0.2) is 52.1 Å². The lowest BCUT2D eigenvalue weighted by Crippen LogP contribution is -2.67. The van der Waals surface area contributed by atoms with Crippen molar-refractivity contribution in [1.29, 1.82) is 0 Å². The van der Waals surface area contributed by atoms with Crippen molar-refractivity contribution in [3.8, 4) is 0 Å². The largest absolute Gasteiger partial charge is 0.418 e. The number of alkyl halides is 3. The van der Waals surface area contributed by atoms with E-state index in [0.29, 0.717) is 24.1 Å². The third kappa shape index (κ3) is 9.60. The van der Waals surface area contributed by atoms with E-state index in [0.717, 1.165) is 18.2 Å². The van der Waals surface area contributed by atoms with E-state index in [1.165, 1.54) is 42.5 Å². The first kappa shape index (κ1) is 42.3. The van der Waals surface area contributed by atoms with E-state index in [4.69, 9.17) is 0 Å². The summed E-state index contributed by atoms with van der Waals surface area (Å²) in [5.41, 5.74) is 2.57. The van der Waals surface area contributed by atoms with Crippen molar-refractivity contribution in [2.24, 2.45) is 11.8 Å². The minimum Gasteiger partial charge on any atom is -0.358 e. The number of carbonyl (C=O) groups is 5. The van der Waals surface area contributed by atoms with Crippen molar-refractivity contribution in [2.75, 3.05) is 0 Å². The fourth-order valence-electron chi connectivity index (χ4n) is 6.97. The molecule has 1 aromatic heterocycles. The van der Waals surface area contributed by atoms with Crippen molar-refractivity contribution in [3.63, 3.8) is 0 Å². The van der Waals surface area contributed by atoms with E-state index in [1.807, 2.05) is 0 Å². The molecule has 2 unspecified atom stereocenters. The molecule has 1 heterocycles. The lowest BCUT2D eigenvalue weighted by molar-refractivity contribution is -0.139. The van der Waals surface area contributed by atoms with Crippen LogP contribution in [0.1, 0.15) is 79.7 Å². The number of carbonyl (C=O) groups excluding carboxylic acids is 5. The predicted molar refractivity (Wildman–Crippen MR) is 201 cm³/mol. The molecule has 0 saturated heterocycles. The maximum absolute atomic E-state index is 14.7. The summed E-state index contributed by atoms with van der Waals surface area (Å²) in [5.74, 6) is -6.01. The molecule has 0 spiro atoms. The van der Waals surface area contributed by atoms with Crippen LogP contribution < -0.4 is 26.8 Å². The fraction of sp³-hybridized carbons (Fsp3) is 0.390. The van der Waals surface area contributed by atoms with Crippen LogP contribution in [0.3, 0.4) is 0 Å². The van der Waals surface area contributed by atoms with E-state index in [1.54, 1.807) is 33.8 Å². The Kier molecular flexibility index (Phi) is 13.0. The summed E-state index contributed by atoms with van der Waals surface area (Å²) in [6.45, 7) is 6.95. The first-order chi connectivity index (χ1) is 27.0. The quantitative estimate of drug-likeness (QED) is 0.0770. The monoisotopic (exact) mass is 796 g/mol. The topological polar surface area (TPSA) is 161 Å². The highest BCUT2D eigenvalue weighted by atomic mass is 19.4. The van der Waals surface area contributed by atoms with Crippen LogP contribution in [-0.2, 0) is 44.6 Å². The van der Waals surface area contributed by atoms with Crippen LogP contribution in [0.2, 0.25) is 0 Å². The molecule has 0 saturated carbocycles. The molecular formula is C41H45F5N6O5. The smallest absolute Gasteiger partial charge is 0.358 e. The van der Waals surface area contributed by atoms with Crippen LogP contribution in [0.15, 0.2) is 66.7 Å². The third-order valence-corrected chi connectivity index (χ3v) is 10.7. The molecule has 1 aliphatic rings. The molecule has 3 aromatic carbocycles. The highest BCUT2D eigenvalue weighted by molar-refractivity contribution is 6.00. The van der Waals surface area contributed by atoms with Gasteiger partial charge in [-0.3, -0.25) is 34.8 Å². The second kappa shape index (κ2) is 17.6. The van der Waals surface area contributed by atoms with Gasteiger partial charge in [-0.1, -0.05) is 70.9 Å². The van der Waals surface area contributed by atoms with E-state index < -0.39 is 82.4 Å².